The predicted molar refractivity (Wildman–Crippen MR) is 55.6 cm³/mol. The van der Waals surface area contributed by atoms with Crippen LogP contribution in [0.15, 0.2) is 24.5 Å². The number of hydrogen-bond acceptors (Lipinski definition) is 2. The molecule has 1 heterocycles. The van der Waals surface area contributed by atoms with Crippen molar-refractivity contribution in [1.82, 2.24) is 4.98 Å². The summed E-state index contributed by atoms with van der Waals surface area (Å²) in [6.45, 7) is 0. The zero-order valence-corrected chi connectivity index (χ0v) is 8.37. The normalized spacial score (nSPS) is 26.6. The Morgan fingerprint density at radius 1 is 1.14 bits per heavy atom. The molecule has 2 fully saturated rings. The van der Waals surface area contributed by atoms with Crippen molar-refractivity contribution >= 4 is 0 Å². The Balaban J connectivity index is 1.81. The van der Waals surface area contributed by atoms with Gasteiger partial charge in [0.25, 0.3) is 0 Å². The Kier molecular flexibility index (Phi) is 1.55. The Hall–Kier alpha value is -0.890. The molecule has 1 aromatic rings. The lowest BCUT2D eigenvalue weighted by Crippen LogP contribution is -2.58. The minimum atomic E-state index is -0.0383. The van der Waals surface area contributed by atoms with Crippen LogP contribution in [0.25, 0.3) is 0 Å². The average Bonchev–Trinajstić information content (AvgIpc) is 2.11. The van der Waals surface area contributed by atoms with Gasteiger partial charge in [-0.3, -0.25) is 4.98 Å². The summed E-state index contributed by atoms with van der Waals surface area (Å²) in [5.41, 5.74) is 8.25. The Labute approximate surface area is 84.5 Å². The second-order valence-electron chi connectivity index (χ2n) is 5.10. The van der Waals surface area contributed by atoms with Gasteiger partial charge in [-0.25, -0.2) is 0 Å². The highest BCUT2D eigenvalue weighted by molar-refractivity contribution is 5.28. The Bertz CT molecular complexity index is 333. The largest absolute Gasteiger partial charge is 0.321 e. The summed E-state index contributed by atoms with van der Waals surface area (Å²) < 4.78 is 0. The molecule has 2 aliphatic rings. The third-order valence-corrected chi connectivity index (χ3v) is 4.05. The minimum Gasteiger partial charge on any atom is -0.321 e. The van der Waals surface area contributed by atoms with Gasteiger partial charge < -0.3 is 5.73 Å². The molecule has 74 valence electrons. The van der Waals surface area contributed by atoms with Gasteiger partial charge in [0, 0.05) is 17.9 Å². The van der Waals surface area contributed by atoms with Crippen molar-refractivity contribution in [2.24, 2.45) is 11.1 Å². The van der Waals surface area contributed by atoms with Crippen LogP contribution in [0.4, 0.5) is 0 Å². The molecule has 1 spiro atoms. The summed E-state index contributed by atoms with van der Waals surface area (Å²) in [7, 11) is 0. The lowest BCUT2D eigenvalue weighted by Gasteiger charge is -2.60. The van der Waals surface area contributed by atoms with Crippen LogP contribution in [0, 0.1) is 5.41 Å². The summed E-state index contributed by atoms with van der Waals surface area (Å²) in [5, 5.41) is 0. The fourth-order valence-corrected chi connectivity index (χ4v) is 3.20. The van der Waals surface area contributed by atoms with Crippen molar-refractivity contribution in [3.63, 3.8) is 0 Å². The van der Waals surface area contributed by atoms with E-state index in [0.29, 0.717) is 5.41 Å². The van der Waals surface area contributed by atoms with Gasteiger partial charge in [0.2, 0.25) is 0 Å². The highest BCUT2D eigenvalue weighted by Gasteiger charge is 2.55. The second-order valence-corrected chi connectivity index (χ2v) is 5.10. The lowest BCUT2D eigenvalue weighted by atomic mass is 9.47. The lowest BCUT2D eigenvalue weighted by molar-refractivity contribution is -0.0462. The number of rotatable bonds is 1. The van der Waals surface area contributed by atoms with E-state index >= 15 is 0 Å². The van der Waals surface area contributed by atoms with Crippen LogP contribution in [0.2, 0.25) is 0 Å². The van der Waals surface area contributed by atoms with E-state index in [1.807, 2.05) is 12.4 Å². The molecule has 2 aliphatic carbocycles. The van der Waals surface area contributed by atoms with Gasteiger partial charge in [-0.1, -0.05) is 6.42 Å². The fourth-order valence-electron chi connectivity index (χ4n) is 3.20. The first-order valence-electron chi connectivity index (χ1n) is 5.42. The van der Waals surface area contributed by atoms with Crippen molar-refractivity contribution in [1.29, 1.82) is 0 Å². The van der Waals surface area contributed by atoms with E-state index in [1.54, 1.807) is 0 Å². The molecule has 0 amide bonds. The van der Waals surface area contributed by atoms with Gasteiger partial charge in [-0.05, 0) is 48.8 Å². The number of pyridine rings is 1. The fraction of sp³-hybridized carbons (Fsp3) is 0.583. The van der Waals surface area contributed by atoms with Crippen LogP contribution in [-0.4, -0.2) is 4.98 Å². The molecular weight excluding hydrogens is 172 g/mol. The average molecular weight is 188 g/mol. The van der Waals surface area contributed by atoms with E-state index in [0.717, 1.165) is 0 Å². The summed E-state index contributed by atoms with van der Waals surface area (Å²) >= 11 is 0. The highest BCUT2D eigenvalue weighted by Crippen LogP contribution is 2.62. The zero-order valence-electron chi connectivity index (χ0n) is 8.37. The molecule has 0 bridgehead atoms. The van der Waals surface area contributed by atoms with Gasteiger partial charge in [-0.2, -0.15) is 0 Å². The van der Waals surface area contributed by atoms with Crippen LogP contribution in [-0.2, 0) is 5.54 Å². The standard InChI is InChI=1S/C12H16N2/c13-12(10-2-6-14-7-3-10)8-11(9-12)4-1-5-11/h2-3,6-7H,1,4-5,8-9,13H2. The van der Waals surface area contributed by atoms with Gasteiger partial charge in [-0.15, -0.1) is 0 Å². The predicted octanol–water partition coefficient (Wildman–Crippen LogP) is 2.20. The summed E-state index contributed by atoms with van der Waals surface area (Å²) in [6.07, 6.45) is 10.3. The minimum absolute atomic E-state index is 0.0383. The molecular formula is C12H16N2. The summed E-state index contributed by atoms with van der Waals surface area (Å²) in [6, 6.07) is 4.12. The van der Waals surface area contributed by atoms with Crippen molar-refractivity contribution in [2.45, 2.75) is 37.6 Å². The molecule has 0 radical (unpaired) electrons. The third-order valence-electron chi connectivity index (χ3n) is 4.05. The molecule has 1 aromatic heterocycles. The van der Waals surface area contributed by atoms with Gasteiger partial charge in [0.15, 0.2) is 0 Å². The van der Waals surface area contributed by atoms with Crippen molar-refractivity contribution in [3.8, 4) is 0 Å². The van der Waals surface area contributed by atoms with Gasteiger partial charge >= 0.3 is 0 Å². The summed E-state index contributed by atoms with van der Waals surface area (Å²) in [4.78, 5) is 4.03. The molecule has 0 aliphatic heterocycles. The van der Waals surface area contributed by atoms with E-state index in [2.05, 4.69) is 17.1 Å². The molecule has 2 heteroatoms. The van der Waals surface area contributed by atoms with Crippen LogP contribution < -0.4 is 5.73 Å². The van der Waals surface area contributed by atoms with E-state index in [-0.39, 0.29) is 5.54 Å². The molecule has 0 atom stereocenters. The smallest absolute Gasteiger partial charge is 0.0421 e. The van der Waals surface area contributed by atoms with Crippen LogP contribution >= 0.6 is 0 Å². The number of nitrogens with zero attached hydrogens (tertiary/aromatic N) is 1. The number of aromatic nitrogens is 1. The monoisotopic (exact) mass is 188 g/mol. The summed E-state index contributed by atoms with van der Waals surface area (Å²) in [5.74, 6) is 0. The van der Waals surface area contributed by atoms with Gasteiger partial charge in [0.05, 0.1) is 0 Å². The maximum atomic E-state index is 6.38. The SMILES string of the molecule is NC1(c2ccncc2)CC2(CCC2)C1. The van der Waals surface area contributed by atoms with E-state index in [4.69, 9.17) is 5.73 Å². The molecule has 3 rings (SSSR count). The van der Waals surface area contributed by atoms with Crippen molar-refractivity contribution in [2.75, 3.05) is 0 Å². The molecule has 2 saturated carbocycles. The second kappa shape index (κ2) is 2.57. The van der Waals surface area contributed by atoms with Crippen molar-refractivity contribution < 1.29 is 0 Å². The molecule has 14 heavy (non-hydrogen) atoms. The Morgan fingerprint density at radius 2 is 1.79 bits per heavy atom. The Morgan fingerprint density at radius 3 is 2.29 bits per heavy atom. The third kappa shape index (κ3) is 1.04. The molecule has 0 unspecified atom stereocenters. The number of nitrogens with two attached hydrogens (primary N) is 1. The van der Waals surface area contributed by atoms with Gasteiger partial charge in [0.1, 0.15) is 0 Å². The van der Waals surface area contributed by atoms with E-state index < -0.39 is 0 Å². The van der Waals surface area contributed by atoms with Crippen LogP contribution in [0.5, 0.6) is 0 Å². The van der Waals surface area contributed by atoms with Crippen LogP contribution in [0.1, 0.15) is 37.7 Å². The maximum Gasteiger partial charge on any atom is 0.0421 e. The molecule has 2 N–H and O–H groups in total. The first-order valence-corrected chi connectivity index (χ1v) is 5.42. The van der Waals surface area contributed by atoms with E-state index in [9.17, 15) is 0 Å². The highest BCUT2D eigenvalue weighted by atomic mass is 14.8. The molecule has 2 nitrogen and oxygen atoms in total. The molecule has 0 saturated heterocycles. The molecule has 0 aromatic carbocycles. The first-order chi connectivity index (χ1) is 6.73. The van der Waals surface area contributed by atoms with E-state index in [1.165, 1.54) is 37.7 Å². The topological polar surface area (TPSA) is 38.9 Å². The number of hydrogen-bond donors (Lipinski definition) is 1. The zero-order chi connectivity index (χ0) is 9.65. The van der Waals surface area contributed by atoms with Crippen LogP contribution in [0.3, 0.4) is 0 Å². The first kappa shape index (κ1) is 8.42. The quantitative estimate of drug-likeness (QED) is 0.733. The maximum absolute atomic E-state index is 6.38. The van der Waals surface area contributed by atoms with Crippen molar-refractivity contribution in [3.05, 3.63) is 30.1 Å².